The van der Waals surface area contributed by atoms with Gasteiger partial charge in [-0.15, -0.1) is 0 Å². The molecule has 2 atom stereocenters. The molecule has 1 aliphatic heterocycles. The number of fused-ring (bicyclic) bond motifs is 1. The van der Waals surface area contributed by atoms with Crippen LogP contribution < -0.4 is 10.1 Å². The highest BCUT2D eigenvalue weighted by Crippen LogP contribution is 2.29. The maximum Gasteiger partial charge on any atom is 0.120 e. The summed E-state index contributed by atoms with van der Waals surface area (Å²) in [6, 6.07) is 6.60. The van der Waals surface area contributed by atoms with Crippen LogP contribution in [0.25, 0.3) is 0 Å². The van der Waals surface area contributed by atoms with Crippen molar-refractivity contribution in [1.29, 1.82) is 0 Å². The molecule has 17 heavy (non-hydrogen) atoms. The molecule has 0 spiro atoms. The number of rotatable bonds is 2. The molecule has 0 bridgehead atoms. The molecule has 1 aromatic rings. The fraction of sp³-hybridized carbons (Fsp3) is 0.600. The monoisotopic (exact) mass is 231 g/mol. The highest BCUT2D eigenvalue weighted by Gasteiger charge is 2.23. The molecule has 0 aromatic heterocycles. The van der Waals surface area contributed by atoms with E-state index in [-0.39, 0.29) is 0 Å². The Morgan fingerprint density at radius 2 is 2.18 bits per heavy atom. The van der Waals surface area contributed by atoms with Gasteiger partial charge in [0.2, 0.25) is 0 Å². The second-order valence-corrected chi connectivity index (χ2v) is 5.52. The molecule has 2 aliphatic rings. The molecule has 2 unspecified atom stereocenters. The molecule has 1 aliphatic carbocycles. The smallest absolute Gasteiger partial charge is 0.120 e. The van der Waals surface area contributed by atoms with Crippen LogP contribution in [0.4, 0.5) is 0 Å². The molecule has 2 heteroatoms. The topological polar surface area (TPSA) is 21.3 Å². The predicted octanol–water partition coefficient (Wildman–Crippen LogP) is 2.90. The Bertz CT molecular complexity index is 402. The normalized spacial score (nSPS) is 27.8. The molecule has 1 saturated carbocycles. The van der Waals surface area contributed by atoms with Crippen molar-refractivity contribution in [3.05, 3.63) is 29.3 Å². The summed E-state index contributed by atoms with van der Waals surface area (Å²) in [7, 11) is 0. The maximum absolute atomic E-state index is 6.09. The molecule has 1 aromatic carbocycles. The number of nitrogens with one attached hydrogen (secondary N) is 1. The summed E-state index contributed by atoms with van der Waals surface area (Å²) in [4.78, 5) is 0. The molecule has 0 saturated heterocycles. The highest BCUT2D eigenvalue weighted by atomic mass is 16.5. The van der Waals surface area contributed by atoms with E-state index in [0.29, 0.717) is 6.10 Å². The fourth-order valence-corrected chi connectivity index (χ4v) is 2.98. The van der Waals surface area contributed by atoms with Gasteiger partial charge in [-0.25, -0.2) is 0 Å². The number of benzene rings is 1. The van der Waals surface area contributed by atoms with Gasteiger partial charge in [-0.05, 0) is 61.4 Å². The summed E-state index contributed by atoms with van der Waals surface area (Å²) in [6.45, 7) is 4.43. The third kappa shape index (κ3) is 2.47. The van der Waals surface area contributed by atoms with Gasteiger partial charge in [0.1, 0.15) is 5.75 Å². The summed E-state index contributed by atoms with van der Waals surface area (Å²) >= 11 is 0. The Hall–Kier alpha value is -1.02. The van der Waals surface area contributed by atoms with Crippen molar-refractivity contribution in [2.24, 2.45) is 5.92 Å². The standard InChI is InChI=1S/C15H21NO/c1-11-2-4-14(8-11)17-15-5-3-13-10-16-7-6-12(13)9-15/h3,5,9,11,14,16H,2,4,6-8,10H2,1H3. The third-order valence-electron chi connectivity index (χ3n) is 4.01. The van der Waals surface area contributed by atoms with E-state index in [1.807, 2.05) is 0 Å². The Kier molecular flexibility index (Phi) is 3.06. The minimum atomic E-state index is 0.449. The number of hydrogen-bond donors (Lipinski definition) is 1. The Morgan fingerprint density at radius 3 is 3.00 bits per heavy atom. The van der Waals surface area contributed by atoms with Gasteiger partial charge in [-0.3, -0.25) is 0 Å². The molecular formula is C15H21NO. The van der Waals surface area contributed by atoms with Crippen LogP contribution in [0.5, 0.6) is 5.75 Å². The lowest BCUT2D eigenvalue weighted by Crippen LogP contribution is -2.23. The molecule has 1 heterocycles. The van der Waals surface area contributed by atoms with Crippen LogP contribution in [0.1, 0.15) is 37.3 Å². The predicted molar refractivity (Wildman–Crippen MR) is 69.3 cm³/mol. The van der Waals surface area contributed by atoms with Gasteiger partial charge < -0.3 is 10.1 Å². The number of hydrogen-bond acceptors (Lipinski definition) is 2. The van der Waals surface area contributed by atoms with Crippen LogP contribution in [-0.2, 0) is 13.0 Å². The zero-order chi connectivity index (χ0) is 11.7. The first-order valence-electron chi connectivity index (χ1n) is 6.80. The van der Waals surface area contributed by atoms with E-state index in [0.717, 1.165) is 31.2 Å². The van der Waals surface area contributed by atoms with Crippen LogP contribution in [0.2, 0.25) is 0 Å². The lowest BCUT2D eigenvalue weighted by atomic mass is 10.0. The van der Waals surface area contributed by atoms with Crippen LogP contribution in [-0.4, -0.2) is 12.6 Å². The minimum Gasteiger partial charge on any atom is -0.490 e. The Morgan fingerprint density at radius 1 is 1.24 bits per heavy atom. The maximum atomic E-state index is 6.09. The average molecular weight is 231 g/mol. The average Bonchev–Trinajstić information content (AvgIpc) is 2.75. The van der Waals surface area contributed by atoms with E-state index in [1.165, 1.54) is 30.4 Å². The van der Waals surface area contributed by atoms with Crippen LogP contribution in [0, 0.1) is 5.92 Å². The molecular weight excluding hydrogens is 210 g/mol. The Balaban J connectivity index is 1.71. The summed E-state index contributed by atoms with van der Waals surface area (Å²) in [5, 5.41) is 3.40. The van der Waals surface area contributed by atoms with Crippen LogP contribution in [0.3, 0.4) is 0 Å². The zero-order valence-electron chi connectivity index (χ0n) is 10.5. The quantitative estimate of drug-likeness (QED) is 0.845. The lowest BCUT2D eigenvalue weighted by molar-refractivity contribution is 0.205. The van der Waals surface area contributed by atoms with Gasteiger partial charge in [0.15, 0.2) is 0 Å². The zero-order valence-corrected chi connectivity index (χ0v) is 10.5. The first-order valence-corrected chi connectivity index (χ1v) is 6.80. The van der Waals surface area contributed by atoms with E-state index >= 15 is 0 Å². The highest BCUT2D eigenvalue weighted by molar-refractivity contribution is 5.37. The fourth-order valence-electron chi connectivity index (χ4n) is 2.98. The van der Waals surface area contributed by atoms with Crippen molar-refractivity contribution >= 4 is 0 Å². The Labute approximate surface area is 103 Å². The van der Waals surface area contributed by atoms with Crippen molar-refractivity contribution in [1.82, 2.24) is 5.32 Å². The van der Waals surface area contributed by atoms with Gasteiger partial charge in [0.05, 0.1) is 6.10 Å². The van der Waals surface area contributed by atoms with E-state index in [2.05, 4.69) is 30.4 Å². The summed E-state index contributed by atoms with van der Waals surface area (Å²) in [5.41, 5.74) is 2.90. The second-order valence-electron chi connectivity index (χ2n) is 5.52. The SMILES string of the molecule is CC1CCC(Oc2ccc3c(c2)CCNC3)C1. The third-order valence-corrected chi connectivity index (χ3v) is 4.01. The molecule has 0 radical (unpaired) electrons. The van der Waals surface area contributed by atoms with Crippen LogP contribution in [0.15, 0.2) is 18.2 Å². The summed E-state index contributed by atoms with van der Waals surface area (Å²) in [5.74, 6) is 1.91. The second kappa shape index (κ2) is 4.69. The summed E-state index contributed by atoms with van der Waals surface area (Å²) in [6.07, 6.45) is 5.34. The first kappa shape index (κ1) is 11.1. The van der Waals surface area contributed by atoms with E-state index in [1.54, 1.807) is 0 Å². The molecule has 1 N–H and O–H groups in total. The molecule has 92 valence electrons. The van der Waals surface area contributed by atoms with Crippen molar-refractivity contribution in [2.45, 2.75) is 45.3 Å². The van der Waals surface area contributed by atoms with Gasteiger partial charge in [-0.1, -0.05) is 13.0 Å². The number of ether oxygens (including phenoxy) is 1. The van der Waals surface area contributed by atoms with E-state index in [4.69, 9.17) is 4.74 Å². The molecule has 3 rings (SSSR count). The molecule has 1 fully saturated rings. The minimum absolute atomic E-state index is 0.449. The van der Waals surface area contributed by atoms with E-state index < -0.39 is 0 Å². The largest absolute Gasteiger partial charge is 0.490 e. The van der Waals surface area contributed by atoms with Crippen molar-refractivity contribution in [3.63, 3.8) is 0 Å². The lowest BCUT2D eigenvalue weighted by Gasteiger charge is -2.19. The van der Waals surface area contributed by atoms with Crippen molar-refractivity contribution in [3.8, 4) is 5.75 Å². The van der Waals surface area contributed by atoms with Gasteiger partial charge in [0, 0.05) is 6.54 Å². The van der Waals surface area contributed by atoms with Crippen molar-refractivity contribution < 1.29 is 4.74 Å². The van der Waals surface area contributed by atoms with Gasteiger partial charge in [-0.2, -0.15) is 0 Å². The van der Waals surface area contributed by atoms with Gasteiger partial charge in [0.25, 0.3) is 0 Å². The van der Waals surface area contributed by atoms with E-state index in [9.17, 15) is 0 Å². The van der Waals surface area contributed by atoms with Gasteiger partial charge >= 0.3 is 0 Å². The summed E-state index contributed by atoms with van der Waals surface area (Å²) < 4.78 is 6.09. The first-order chi connectivity index (χ1) is 8.31. The van der Waals surface area contributed by atoms with Crippen molar-refractivity contribution in [2.75, 3.05) is 6.54 Å². The molecule has 2 nitrogen and oxygen atoms in total. The van der Waals surface area contributed by atoms with Crippen LogP contribution >= 0.6 is 0 Å². The molecule has 0 amide bonds.